The Bertz CT molecular complexity index is 344. The van der Waals surface area contributed by atoms with Crippen molar-refractivity contribution >= 4 is 0 Å². The van der Waals surface area contributed by atoms with Crippen LogP contribution in [-0.4, -0.2) is 30.4 Å². The molecule has 0 spiro atoms. The maximum atomic E-state index is 9.21. The Morgan fingerprint density at radius 2 is 2.17 bits per heavy atom. The van der Waals surface area contributed by atoms with Crippen LogP contribution in [0.5, 0.6) is 5.75 Å². The Hall–Kier alpha value is -1.06. The molecule has 3 heteroatoms. The largest absolute Gasteiger partial charge is 0.508 e. The number of rotatable bonds is 6. The van der Waals surface area contributed by atoms with Crippen molar-refractivity contribution in [2.24, 2.45) is 0 Å². The smallest absolute Gasteiger partial charge is 0.115 e. The first kappa shape index (κ1) is 13.4. The highest BCUT2D eigenvalue weighted by atomic mass is 16.5. The third-order valence-electron chi connectivity index (χ3n) is 3.52. The van der Waals surface area contributed by atoms with Crippen molar-refractivity contribution in [3.8, 4) is 5.75 Å². The summed E-state index contributed by atoms with van der Waals surface area (Å²) in [5.41, 5.74) is 1.28. The maximum Gasteiger partial charge on any atom is 0.115 e. The van der Waals surface area contributed by atoms with Crippen LogP contribution in [0.15, 0.2) is 24.3 Å². The maximum absolute atomic E-state index is 9.21. The van der Waals surface area contributed by atoms with Crippen LogP contribution in [0.1, 0.15) is 31.7 Å². The second kappa shape index (κ2) is 6.76. The highest BCUT2D eigenvalue weighted by molar-refractivity contribution is 5.25. The molecule has 0 amide bonds. The standard InChI is InChI=1S/C15H23NO2/c1-12(16-11-15-3-2-10-18-15)4-5-13-6-8-14(17)9-7-13/h6-9,12,15-17H,2-5,10-11H2,1H3. The molecule has 0 aliphatic carbocycles. The molecule has 1 heterocycles. The number of hydrogen-bond acceptors (Lipinski definition) is 3. The van der Waals surface area contributed by atoms with Gasteiger partial charge in [0.25, 0.3) is 0 Å². The second-order valence-corrected chi connectivity index (χ2v) is 5.15. The summed E-state index contributed by atoms with van der Waals surface area (Å²) in [4.78, 5) is 0. The fourth-order valence-electron chi connectivity index (χ4n) is 2.29. The number of nitrogens with one attached hydrogen (secondary N) is 1. The number of aryl methyl sites for hydroxylation is 1. The number of phenols is 1. The van der Waals surface area contributed by atoms with Crippen molar-refractivity contribution in [2.75, 3.05) is 13.2 Å². The van der Waals surface area contributed by atoms with Gasteiger partial charge in [-0.15, -0.1) is 0 Å². The molecular formula is C15H23NO2. The first-order chi connectivity index (χ1) is 8.74. The van der Waals surface area contributed by atoms with Gasteiger partial charge in [0, 0.05) is 19.2 Å². The fourth-order valence-corrected chi connectivity index (χ4v) is 2.29. The summed E-state index contributed by atoms with van der Waals surface area (Å²) in [6, 6.07) is 7.98. The Kier molecular flexibility index (Phi) is 5.02. The van der Waals surface area contributed by atoms with Crippen molar-refractivity contribution in [2.45, 2.75) is 44.8 Å². The quantitative estimate of drug-likeness (QED) is 0.814. The van der Waals surface area contributed by atoms with Gasteiger partial charge >= 0.3 is 0 Å². The SMILES string of the molecule is CC(CCc1ccc(O)cc1)NCC1CCCO1. The molecule has 1 aliphatic heterocycles. The molecule has 0 bridgehead atoms. The van der Waals surface area contributed by atoms with Crippen molar-refractivity contribution in [1.29, 1.82) is 0 Å². The molecule has 0 saturated carbocycles. The van der Waals surface area contributed by atoms with Gasteiger partial charge in [-0.1, -0.05) is 12.1 Å². The van der Waals surface area contributed by atoms with Crippen molar-refractivity contribution in [1.82, 2.24) is 5.32 Å². The van der Waals surface area contributed by atoms with Gasteiger partial charge in [-0.25, -0.2) is 0 Å². The summed E-state index contributed by atoms with van der Waals surface area (Å²) in [5, 5.41) is 12.7. The van der Waals surface area contributed by atoms with Crippen LogP contribution < -0.4 is 5.32 Å². The van der Waals surface area contributed by atoms with Gasteiger partial charge in [0.15, 0.2) is 0 Å². The Morgan fingerprint density at radius 3 is 2.83 bits per heavy atom. The molecule has 2 N–H and O–H groups in total. The van der Waals surface area contributed by atoms with E-state index in [0.717, 1.165) is 26.0 Å². The molecule has 2 atom stereocenters. The average Bonchev–Trinajstić information content (AvgIpc) is 2.89. The van der Waals surface area contributed by atoms with Gasteiger partial charge < -0.3 is 15.2 Å². The molecule has 1 saturated heterocycles. The van der Waals surface area contributed by atoms with E-state index in [1.54, 1.807) is 12.1 Å². The monoisotopic (exact) mass is 249 g/mol. The van der Waals surface area contributed by atoms with Crippen LogP contribution in [0.2, 0.25) is 0 Å². The molecule has 0 radical (unpaired) electrons. The summed E-state index contributed by atoms with van der Waals surface area (Å²) in [6.07, 6.45) is 4.96. The number of benzene rings is 1. The molecule has 1 fully saturated rings. The molecule has 1 aliphatic rings. The van der Waals surface area contributed by atoms with Crippen LogP contribution in [-0.2, 0) is 11.2 Å². The lowest BCUT2D eigenvalue weighted by Crippen LogP contribution is -2.33. The fraction of sp³-hybridized carbons (Fsp3) is 0.600. The average molecular weight is 249 g/mol. The lowest BCUT2D eigenvalue weighted by molar-refractivity contribution is 0.107. The molecule has 1 aromatic rings. The minimum atomic E-state index is 0.336. The van der Waals surface area contributed by atoms with E-state index >= 15 is 0 Å². The predicted molar refractivity (Wildman–Crippen MR) is 72.9 cm³/mol. The van der Waals surface area contributed by atoms with E-state index in [2.05, 4.69) is 12.2 Å². The third-order valence-corrected chi connectivity index (χ3v) is 3.52. The van der Waals surface area contributed by atoms with E-state index in [9.17, 15) is 5.11 Å². The van der Waals surface area contributed by atoms with Crippen LogP contribution in [0.4, 0.5) is 0 Å². The number of phenolic OH excluding ortho intramolecular Hbond substituents is 1. The van der Waals surface area contributed by atoms with Crippen molar-refractivity contribution in [3.05, 3.63) is 29.8 Å². The van der Waals surface area contributed by atoms with Crippen LogP contribution in [0.25, 0.3) is 0 Å². The van der Waals surface area contributed by atoms with Crippen LogP contribution in [0, 0.1) is 0 Å². The summed E-state index contributed by atoms with van der Waals surface area (Å²) in [5.74, 6) is 0.336. The normalized spacial score (nSPS) is 21.1. The van der Waals surface area contributed by atoms with E-state index in [1.165, 1.54) is 18.4 Å². The minimum Gasteiger partial charge on any atom is -0.508 e. The lowest BCUT2D eigenvalue weighted by Gasteiger charge is -2.16. The van der Waals surface area contributed by atoms with E-state index in [0.29, 0.717) is 17.9 Å². The molecule has 18 heavy (non-hydrogen) atoms. The number of hydrogen-bond donors (Lipinski definition) is 2. The highest BCUT2D eigenvalue weighted by Crippen LogP contribution is 2.13. The molecule has 2 rings (SSSR count). The van der Waals surface area contributed by atoms with Gasteiger partial charge in [0.05, 0.1) is 6.10 Å². The topological polar surface area (TPSA) is 41.5 Å². The summed E-state index contributed by atoms with van der Waals surface area (Å²) in [6.45, 7) is 4.11. The molecule has 1 aromatic carbocycles. The van der Waals surface area contributed by atoms with Crippen LogP contribution >= 0.6 is 0 Å². The van der Waals surface area contributed by atoms with Gasteiger partial charge in [0.2, 0.25) is 0 Å². The van der Waals surface area contributed by atoms with Crippen LogP contribution in [0.3, 0.4) is 0 Å². The molecule has 0 aromatic heterocycles. The number of ether oxygens (including phenoxy) is 1. The van der Waals surface area contributed by atoms with Gasteiger partial charge in [-0.05, 0) is 50.3 Å². The molecular weight excluding hydrogens is 226 g/mol. The molecule has 3 nitrogen and oxygen atoms in total. The summed E-state index contributed by atoms with van der Waals surface area (Å²) < 4.78 is 5.59. The van der Waals surface area contributed by atoms with Gasteiger partial charge in [-0.3, -0.25) is 0 Å². The van der Waals surface area contributed by atoms with Crippen molar-refractivity contribution < 1.29 is 9.84 Å². The van der Waals surface area contributed by atoms with E-state index in [4.69, 9.17) is 4.74 Å². The number of aromatic hydroxyl groups is 1. The highest BCUT2D eigenvalue weighted by Gasteiger charge is 2.15. The van der Waals surface area contributed by atoms with E-state index in [-0.39, 0.29) is 0 Å². The van der Waals surface area contributed by atoms with Crippen molar-refractivity contribution in [3.63, 3.8) is 0 Å². The van der Waals surface area contributed by atoms with E-state index < -0.39 is 0 Å². The molecule has 100 valence electrons. The zero-order valence-electron chi connectivity index (χ0n) is 11.1. The second-order valence-electron chi connectivity index (χ2n) is 5.15. The Labute approximate surface area is 109 Å². The first-order valence-electron chi connectivity index (χ1n) is 6.87. The zero-order valence-corrected chi connectivity index (χ0v) is 11.1. The first-order valence-corrected chi connectivity index (χ1v) is 6.87. The van der Waals surface area contributed by atoms with Gasteiger partial charge in [-0.2, -0.15) is 0 Å². The Balaban J connectivity index is 1.64. The predicted octanol–water partition coefficient (Wildman–Crippen LogP) is 2.48. The molecule has 2 unspecified atom stereocenters. The zero-order chi connectivity index (χ0) is 12.8. The summed E-state index contributed by atoms with van der Waals surface area (Å²) in [7, 11) is 0. The summed E-state index contributed by atoms with van der Waals surface area (Å²) >= 11 is 0. The van der Waals surface area contributed by atoms with Gasteiger partial charge in [0.1, 0.15) is 5.75 Å². The third kappa shape index (κ3) is 4.31. The Morgan fingerprint density at radius 1 is 1.39 bits per heavy atom. The van der Waals surface area contributed by atoms with E-state index in [1.807, 2.05) is 12.1 Å². The lowest BCUT2D eigenvalue weighted by atomic mass is 10.1. The minimum absolute atomic E-state index is 0.336.